The highest BCUT2D eigenvalue weighted by Gasteiger charge is 2.23. The Kier molecular flexibility index (Phi) is 4.55. The average molecular weight is 311 g/mol. The van der Waals surface area contributed by atoms with Gasteiger partial charge in [-0.2, -0.15) is 0 Å². The van der Waals surface area contributed by atoms with E-state index >= 15 is 0 Å². The van der Waals surface area contributed by atoms with Crippen LogP contribution in [-0.4, -0.2) is 23.0 Å². The van der Waals surface area contributed by atoms with E-state index in [1.807, 2.05) is 13.0 Å². The number of nitrogens with one attached hydrogen (secondary N) is 1. The van der Waals surface area contributed by atoms with Crippen LogP contribution in [0.25, 0.3) is 0 Å². The molecule has 0 unspecified atom stereocenters. The molecule has 1 N–H and O–H groups in total. The minimum absolute atomic E-state index is 0.0306. The minimum Gasteiger partial charge on any atom is -0.497 e. The predicted molar refractivity (Wildman–Crippen MR) is 87.5 cm³/mol. The topological polar surface area (TPSA) is 64.1 Å². The molecule has 0 spiro atoms. The van der Waals surface area contributed by atoms with Crippen LogP contribution in [0, 0.1) is 0 Å². The Morgan fingerprint density at radius 2 is 2.13 bits per heavy atom. The molecule has 1 aromatic carbocycles. The van der Waals surface area contributed by atoms with Gasteiger partial charge in [-0.1, -0.05) is 13.0 Å². The van der Waals surface area contributed by atoms with Crippen molar-refractivity contribution in [3.8, 4) is 5.75 Å². The van der Waals surface area contributed by atoms with Crippen molar-refractivity contribution in [2.45, 2.75) is 38.6 Å². The van der Waals surface area contributed by atoms with Crippen molar-refractivity contribution in [1.82, 2.24) is 15.3 Å². The second kappa shape index (κ2) is 6.77. The molecule has 1 amide bonds. The number of ether oxygens (including phenoxy) is 1. The summed E-state index contributed by atoms with van der Waals surface area (Å²) in [7, 11) is 1.67. The number of aryl methyl sites for hydroxylation is 2. The fourth-order valence-corrected chi connectivity index (χ4v) is 2.96. The molecule has 0 fully saturated rings. The van der Waals surface area contributed by atoms with Crippen LogP contribution in [0.15, 0.2) is 30.6 Å². The number of hydrogen-bond acceptors (Lipinski definition) is 4. The van der Waals surface area contributed by atoms with Gasteiger partial charge in [0, 0.05) is 18.8 Å². The van der Waals surface area contributed by atoms with Crippen LogP contribution >= 0.6 is 0 Å². The van der Waals surface area contributed by atoms with Crippen LogP contribution in [-0.2, 0) is 12.8 Å². The summed E-state index contributed by atoms with van der Waals surface area (Å²) < 4.78 is 5.28. The lowest BCUT2D eigenvalue weighted by Gasteiger charge is -2.26. The van der Waals surface area contributed by atoms with E-state index < -0.39 is 0 Å². The molecular formula is C18H21N3O2. The number of fused-ring (bicyclic) bond motifs is 1. The van der Waals surface area contributed by atoms with Crippen LogP contribution in [0.2, 0.25) is 0 Å². The molecule has 3 rings (SSSR count). The van der Waals surface area contributed by atoms with Crippen molar-refractivity contribution >= 4 is 5.91 Å². The first-order chi connectivity index (χ1) is 11.2. The number of aromatic nitrogens is 2. The first-order valence-electron chi connectivity index (χ1n) is 8.00. The van der Waals surface area contributed by atoms with Gasteiger partial charge in [-0.15, -0.1) is 0 Å². The first-order valence-corrected chi connectivity index (χ1v) is 8.00. The van der Waals surface area contributed by atoms with Gasteiger partial charge in [-0.25, -0.2) is 9.97 Å². The summed E-state index contributed by atoms with van der Waals surface area (Å²) in [5.41, 5.74) is 2.93. The van der Waals surface area contributed by atoms with E-state index in [1.165, 1.54) is 11.1 Å². The fraction of sp³-hybridized carbons (Fsp3) is 0.389. The Balaban J connectivity index is 1.77. The third-order valence-electron chi connectivity index (χ3n) is 4.25. The number of carbonyl (C=O) groups excluding carboxylic acids is 1. The molecule has 0 radical (unpaired) electrons. The van der Waals surface area contributed by atoms with Gasteiger partial charge in [0.05, 0.1) is 18.7 Å². The van der Waals surface area contributed by atoms with Crippen LogP contribution in [0.5, 0.6) is 5.75 Å². The number of nitrogens with zero attached hydrogens (tertiary/aromatic N) is 2. The standard InChI is InChI=1S/C18H21N3O2/c1-3-17-19-10-13(11-20-17)18(22)21-16-6-4-5-12-9-14(23-2)7-8-15(12)16/h7-11,16H,3-6H2,1-2H3,(H,21,22)/t16-/m0/s1. The molecule has 5 nitrogen and oxygen atoms in total. The van der Waals surface area contributed by atoms with Crippen LogP contribution in [0.3, 0.4) is 0 Å². The summed E-state index contributed by atoms with van der Waals surface area (Å²) in [6, 6.07) is 6.09. The second-order valence-electron chi connectivity index (χ2n) is 5.72. The van der Waals surface area contributed by atoms with Crippen molar-refractivity contribution in [3.63, 3.8) is 0 Å². The lowest BCUT2D eigenvalue weighted by molar-refractivity contribution is 0.0932. The van der Waals surface area contributed by atoms with Crippen molar-refractivity contribution in [2.75, 3.05) is 7.11 Å². The highest BCUT2D eigenvalue weighted by molar-refractivity contribution is 5.93. The van der Waals surface area contributed by atoms with Gasteiger partial charge in [0.15, 0.2) is 0 Å². The molecule has 120 valence electrons. The molecule has 1 aliphatic carbocycles. The first kappa shape index (κ1) is 15.5. The van der Waals surface area contributed by atoms with Crippen LogP contribution in [0.1, 0.15) is 53.1 Å². The molecule has 2 aromatic rings. The van der Waals surface area contributed by atoms with E-state index in [0.29, 0.717) is 5.56 Å². The number of benzene rings is 1. The average Bonchev–Trinajstić information content (AvgIpc) is 2.61. The molecular weight excluding hydrogens is 290 g/mol. The zero-order valence-corrected chi connectivity index (χ0v) is 13.5. The van der Waals surface area contributed by atoms with E-state index in [1.54, 1.807) is 19.5 Å². The molecule has 5 heteroatoms. The van der Waals surface area contributed by atoms with Crippen molar-refractivity contribution in [1.29, 1.82) is 0 Å². The van der Waals surface area contributed by atoms with Crippen LogP contribution < -0.4 is 10.1 Å². The summed E-state index contributed by atoms with van der Waals surface area (Å²) in [5, 5.41) is 3.11. The zero-order valence-electron chi connectivity index (χ0n) is 13.5. The largest absolute Gasteiger partial charge is 0.497 e. The Bertz CT molecular complexity index is 698. The minimum atomic E-state index is -0.124. The molecule has 0 saturated carbocycles. The quantitative estimate of drug-likeness (QED) is 0.943. The van der Waals surface area contributed by atoms with Gasteiger partial charge in [0.25, 0.3) is 5.91 Å². The molecule has 1 aromatic heterocycles. The van der Waals surface area contributed by atoms with Gasteiger partial charge in [0.1, 0.15) is 11.6 Å². The van der Waals surface area contributed by atoms with Gasteiger partial charge >= 0.3 is 0 Å². The lowest BCUT2D eigenvalue weighted by Crippen LogP contribution is -2.31. The van der Waals surface area contributed by atoms with Gasteiger partial charge in [-0.05, 0) is 42.5 Å². The Labute approximate surface area is 136 Å². The number of methoxy groups -OCH3 is 1. The second-order valence-corrected chi connectivity index (χ2v) is 5.72. The van der Waals surface area contributed by atoms with Crippen LogP contribution in [0.4, 0.5) is 0 Å². The summed E-state index contributed by atoms with van der Waals surface area (Å²) in [5.74, 6) is 1.48. The fourth-order valence-electron chi connectivity index (χ4n) is 2.96. The molecule has 1 aliphatic rings. The number of rotatable bonds is 4. The van der Waals surface area contributed by atoms with Gasteiger partial charge in [0.2, 0.25) is 0 Å². The molecule has 1 atom stereocenters. The summed E-state index contributed by atoms with van der Waals surface area (Å²) in [6.45, 7) is 1.99. The summed E-state index contributed by atoms with van der Waals surface area (Å²) in [6.07, 6.45) is 6.97. The maximum atomic E-state index is 12.4. The van der Waals surface area contributed by atoms with Crippen molar-refractivity contribution in [2.24, 2.45) is 0 Å². The molecule has 23 heavy (non-hydrogen) atoms. The SMILES string of the molecule is CCc1ncc(C(=O)N[C@H]2CCCc3cc(OC)ccc32)cn1. The number of amides is 1. The Morgan fingerprint density at radius 1 is 1.35 bits per heavy atom. The van der Waals surface area contributed by atoms with E-state index in [4.69, 9.17) is 4.74 Å². The predicted octanol–water partition coefficient (Wildman–Crippen LogP) is 2.86. The molecule has 0 saturated heterocycles. The third-order valence-corrected chi connectivity index (χ3v) is 4.25. The highest BCUT2D eigenvalue weighted by atomic mass is 16.5. The van der Waals surface area contributed by atoms with Gasteiger partial charge in [-0.3, -0.25) is 4.79 Å². The maximum absolute atomic E-state index is 12.4. The van der Waals surface area contributed by atoms with Crippen molar-refractivity contribution in [3.05, 3.63) is 53.1 Å². The highest BCUT2D eigenvalue weighted by Crippen LogP contribution is 2.32. The zero-order chi connectivity index (χ0) is 16.2. The lowest BCUT2D eigenvalue weighted by atomic mass is 9.87. The normalized spacial score (nSPS) is 16.5. The van der Waals surface area contributed by atoms with E-state index in [2.05, 4.69) is 27.4 Å². The summed E-state index contributed by atoms with van der Waals surface area (Å²) >= 11 is 0. The van der Waals surface area contributed by atoms with E-state index in [-0.39, 0.29) is 11.9 Å². The monoisotopic (exact) mass is 311 g/mol. The molecule has 0 bridgehead atoms. The third kappa shape index (κ3) is 3.33. The number of carbonyl (C=O) groups is 1. The molecule has 1 heterocycles. The maximum Gasteiger partial charge on any atom is 0.254 e. The Hall–Kier alpha value is -2.43. The van der Waals surface area contributed by atoms with Crippen molar-refractivity contribution < 1.29 is 9.53 Å². The Morgan fingerprint density at radius 3 is 2.83 bits per heavy atom. The smallest absolute Gasteiger partial charge is 0.254 e. The number of hydrogen-bond donors (Lipinski definition) is 1. The van der Waals surface area contributed by atoms with Gasteiger partial charge < -0.3 is 10.1 Å². The molecule has 0 aliphatic heterocycles. The van der Waals surface area contributed by atoms with E-state index in [9.17, 15) is 4.79 Å². The summed E-state index contributed by atoms with van der Waals surface area (Å²) in [4.78, 5) is 20.8. The van der Waals surface area contributed by atoms with E-state index in [0.717, 1.165) is 37.3 Å².